The second kappa shape index (κ2) is 6.75. The molecule has 0 bridgehead atoms. The maximum absolute atomic E-state index is 8.85. The SMILES string of the molecule is CCC(CCO)CNc1nccc(C#N)n1. The molecule has 86 valence electrons. The number of nitrogens with one attached hydrogen (secondary N) is 1. The van der Waals surface area contributed by atoms with Crippen LogP contribution in [0.1, 0.15) is 25.5 Å². The van der Waals surface area contributed by atoms with Gasteiger partial charge in [0.1, 0.15) is 11.8 Å². The van der Waals surface area contributed by atoms with Gasteiger partial charge in [0.25, 0.3) is 0 Å². The van der Waals surface area contributed by atoms with Gasteiger partial charge in [0.05, 0.1) is 0 Å². The highest BCUT2D eigenvalue weighted by molar-refractivity contribution is 5.29. The van der Waals surface area contributed by atoms with E-state index >= 15 is 0 Å². The Bertz CT molecular complexity index is 361. The zero-order valence-corrected chi connectivity index (χ0v) is 9.35. The van der Waals surface area contributed by atoms with Crippen molar-refractivity contribution in [1.82, 2.24) is 9.97 Å². The lowest BCUT2D eigenvalue weighted by atomic mass is 10.0. The van der Waals surface area contributed by atoms with Crippen LogP contribution < -0.4 is 5.32 Å². The van der Waals surface area contributed by atoms with Gasteiger partial charge in [0.2, 0.25) is 5.95 Å². The Hall–Kier alpha value is -1.67. The highest BCUT2D eigenvalue weighted by Crippen LogP contribution is 2.08. The maximum atomic E-state index is 8.85. The van der Waals surface area contributed by atoms with Crippen LogP contribution in [-0.4, -0.2) is 28.2 Å². The molecule has 1 aromatic rings. The molecule has 0 aliphatic rings. The predicted molar refractivity (Wildman–Crippen MR) is 60.7 cm³/mol. The number of aliphatic hydroxyl groups excluding tert-OH is 1. The average Bonchev–Trinajstić information content (AvgIpc) is 2.34. The van der Waals surface area contributed by atoms with Crippen LogP contribution in [0.5, 0.6) is 0 Å². The van der Waals surface area contributed by atoms with Crippen LogP contribution in [0.4, 0.5) is 5.95 Å². The first-order valence-corrected chi connectivity index (χ1v) is 5.38. The Morgan fingerprint density at radius 2 is 2.44 bits per heavy atom. The zero-order valence-electron chi connectivity index (χ0n) is 9.35. The van der Waals surface area contributed by atoms with Gasteiger partial charge in [0, 0.05) is 19.3 Å². The second-order valence-electron chi connectivity index (χ2n) is 3.54. The Morgan fingerprint density at radius 1 is 1.62 bits per heavy atom. The molecular formula is C11H16N4O. The smallest absolute Gasteiger partial charge is 0.223 e. The average molecular weight is 220 g/mol. The molecule has 0 aliphatic heterocycles. The number of rotatable bonds is 6. The van der Waals surface area contributed by atoms with E-state index in [1.165, 1.54) is 0 Å². The fourth-order valence-electron chi connectivity index (χ4n) is 1.37. The molecule has 1 heterocycles. The number of anilines is 1. The van der Waals surface area contributed by atoms with Gasteiger partial charge in [-0.25, -0.2) is 9.97 Å². The summed E-state index contributed by atoms with van der Waals surface area (Å²) in [6, 6.07) is 3.53. The summed E-state index contributed by atoms with van der Waals surface area (Å²) in [6.07, 6.45) is 3.31. The third-order valence-corrected chi connectivity index (χ3v) is 2.43. The van der Waals surface area contributed by atoms with Crippen LogP contribution in [0.25, 0.3) is 0 Å². The van der Waals surface area contributed by atoms with Crippen LogP contribution in [0.3, 0.4) is 0 Å². The van der Waals surface area contributed by atoms with E-state index in [1.807, 2.05) is 6.07 Å². The quantitative estimate of drug-likeness (QED) is 0.752. The third-order valence-electron chi connectivity index (χ3n) is 2.43. The molecule has 0 aromatic carbocycles. The number of hydrogen-bond donors (Lipinski definition) is 2. The number of aliphatic hydroxyl groups is 1. The zero-order chi connectivity index (χ0) is 11.8. The summed E-state index contributed by atoms with van der Waals surface area (Å²) in [6.45, 7) is 2.99. The third kappa shape index (κ3) is 3.83. The number of nitriles is 1. The van der Waals surface area contributed by atoms with Crippen molar-refractivity contribution in [3.05, 3.63) is 18.0 Å². The molecule has 5 nitrogen and oxygen atoms in total. The minimum Gasteiger partial charge on any atom is -0.396 e. The fourth-order valence-corrected chi connectivity index (χ4v) is 1.37. The molecule has 0 saturated heterocycles. The van der Waals surface area contributed by atoms with Crippen LogP contribution in [0.2, 0.25) is 0 Å². The van der Waals surface area contributed by atoms with Gasteiger partial charge in [-0.05, 0) is 18.4 Å². The summed E-state index contributed by atoms with van der Waals surface area (Å²) in [5, 5.41) is 20.6. The molecular weight excluding hydrogens is 204 g/mol. The van der Waals surface area contributed by atoms with Gasteiger partial charge >= 0.3 is 0 Å². The van der Waals surface area contributed by atoms with Gasteiger partial charge in [-0.15, -0.1) is 0 Å². The summed E-state index contributed by atoms with van der Waals surface area (Å²) in [5.41, 5.74) is 0.354. The van der Waals surface area contributed by atoms with E-state index in [4.69, 9.17) is 10.4 Å². The highest BCUT2D eigenvalue weighted by Gasteiger charge is 2.06. The summed E-state index contributed by atoms with van der Waals surface area (Å²) in [5.74, 6) is 0.870. The summed E-state index contributed by atoms with van der Waals surface area (Å²) < 4.78 is 0. The molecule has 0 radical (unpaired) electrons. The minimum atomic E-state index is 0.194. The van der Waals surface area contributed by atoms with Crippen molar-refractivity contribution in [3.63, 3.8) is 0 Å². The van der Waals surface area contributed by atoms with Gasteiger partial charge < -0.3 is 10.4 Å². The van der Waals surface area contributed by atoms with Gasteiger partial charge in [0.15, 0.2) is 0 Å². The van der Waals surface area contributed by atoms with E-state index in [-0.39, 0.29) is 6.61 Å². The van der Waals surface area contributed by atoms with E-state index in [1.54, 1.807) is 12.3 Å². The van der Waals surface area contributed by atoms with E-state index < -0.39 is 0 Å². The van der Waals surface area contributed by atoms with Crippen molar-refractivity contribution in [2.45, 2.75) is 19.8 Å². The van der Waals surface area contributed by atoms with Crippen LogP contribution in [-0.2, 0) is 0 Å². The normalized spacial score (nSPS) is 11.8. The Balaban J connectivity index is 2.50. The Kier molecular flexibility index (Phi) is 5.23. The Labute approximate surface area is 95.2 Å². The molecule has 0 fully saturated rings. The second-order valence-corrected chi connectivity index (χ2v) is 3.54. The van der Waals surface area contributed by atoms with E-state index in [0.29, 0.717) is 24.1 Å². The summed E-state index contributed by atoms with van der Waals surface area (Å²) >= 11 is 0. The number of nitrogens with zero attached hydrogens (tertiary/aromatic N) is 3. The first-order valence-electron chi connectivity index (χ1n) is 5.38. The molecule has 16 heavy (non-hydrogen) atoms. The lowest BCUT2D eigenvalue weighted by Gasteiger charge is -2.13. The number of hydrogen-bond acceptors (Lipinski definition) is 5. The first kappa shape index (κ1) is 12.4. The largest absolute Gasteiger partial charge is 0.396 e. The lowest BCUT2D eigenvalue weighted by Crippen LogP contribution is -2.16. The molecule has 0 spiro atoms. The highest BCUT2D eigenvalue weighted by atomic mass is 16.3. The molecule has 2 N–H and O–H groups in total. The van der Waals surface area contributed by atoms with Gasteiger partial charge in [-0.3, -0.25) is 0 Å². The van der Waals surface area contributed by atoms with Crippen molar-refractivity contribution in [2.24, 2.45) is 5.92 Å². The van der Waals surface area contributed by atoms with E-state index in [0.717, 1.165) is 12.8 Å². The van der Waals surface area contributed by atoms with Crippen LogP contribution >= 0.6 is 0 Å². The first-order chi connectivity index (χ1) is 7.80. The van der Waals surface area contributed by atoms with Crippen molar-refractivity contribution >= 4 is 5.95 Å². The molecule has 1 rings (SSSR count). The topological polar surface area (TPSA) is 81.8 Å². The van der Waals surface area contributed by atoms with Crippen molar-refractivity contribution < 1.29 is 5.11 Å². The van der Waals surface area contributed by atoms with Crippen molar-refractivity contribution in [2.75, 3.05) is 18.5 Å². The standard InChI is InChI=1S/C11H16N4O/c1-2-9(4-6-16)8-14-11-13-5-3-10(7-12)15-11/h3,5,9,16H,2,4,6,8H2,1H3,(H,13,14,15). The molecule has 0 saturated carbocycles. The van der Waals surface area contributed by atoms with Crippen molar-refractivity contribution in [3.8, 4) is 6.07 Å². The number of aromatic nitrogens is 2. The summed E-state index contributed by atoms with van der Waals surface area (Å²) in [7, 11) is 0. The summed E-state index contributed by atoms with van der Waals surface area (Å²) in [4.78, 5) is 8.03. The van der Waals surface area contributed by atoms with Gasteiger partial charge in [-0.1, -0.05) is 13.3 Å². The molecule has 1 aromatic heterocycles. The fraction of sp³-hybridized carbons (Fsp3) is 0.545. The predicted octanol–water partition coefficient (Wildman–Crippen LogP) is 1.17. The minimum absolute atomic E-state index is 0.194. The molecule has 0 aliphatic carbocycles. The van der Waals surface area contributed by atoms with Crippen LogP contribution in [0, 0.1) is 17.2 Å². The monoisotopic (exact) mass is 220 g/mol. The lowest BCUT2D eigenvalue weighted by molar-refractivity contribution is 0.258. The molecule has 0 amide bonds. The molecule has 1 atom stereocenters. The van der Waals surface area contributed by atoms with E-state index in [2.05, 4.69) is 22.2 Å². The van der Waals surface area contributed by atoms with Crippen molar-refractivity contribution in [1.29, 1.82) is 5.26 Å². The maximum Gasteiger partial charge on any atom is 0.223 e. The molecule has 1 unspecified atom stereocenters. The van der Waals surface area contributed by atoms with Crippen LogP contribution in [0.15, 0.2) is 12.3 Å². The van der Waals surface area contributed by atoms with E-state index in [9.17, 15) is 0 Å². The molecule has 5 heteroatoms. The Morgan fingerprint density at radius 3 is 3.06 bits per heavy atom. The van der Waals surface area contributed by atoms with Gasteiger partial charge in [-0.2, -0.15) is 5.26 Å².